The van der Waals surface area contributed by atoms with Crippen molar-refractivity contribution >= 4 is 0 Å². The maximum absolute atomic E-state index is 3.72. The zero-order chi connectivity index (χ0) is 14.8. The van der Waals surface area contributed by atoms with Crippen LogP contribution in [-0.4, -0.2) is 30.6 Å². The first-order chi connectivity index (χ1) is 10.2. The lowest BCUT2D eigenvalue weighted by atomic mass is 9.98. The van der Waals surface area contributed by atoms with Gasteiger partial charge in [-0.2, -0.15) is 0 Å². The first-order valence-corrected chi connectivity index (χ1v) is 8.73. The van der Waals surface area contributed by atoms with Crippen molar-refractivity contribution in [3.63, 3.8) is 0 Å². The monoisotopic (exact) mass is 286 g/mol. The second kappa shape index (κ2) is 6.50. The van der Waals surface area contributed by atoms with E-state index in [1.807, 2.05) is 0 Å². The zero-order valence-electron chi connectivity index (χ0n) is 13.8. The molecule has 0 radical (unpaired) electrons. The summed E-state index contributed by atoms with van der Waals surface area (Å²) in [7, 11) is 0. The smallest absolute Gasteiger partial charge is 0.0475 e. The summed E-state index contributed by atoms with van der Waals surface area (Å²) in [5.41, 5.74) is 2.78. The van der Waals surface area contributed by atoms with Crippen LogP contribution in [0.3, 0.4) is 0 Å². The van der Waals surface area contributed by atoms with Crippen molar-refractivity contribution in [3.8, 4) is 0 Å². The fourth-order valence-corrected chi connectivity index (χ4v) is 4.38. The van der Waals surface area contributed by atoms with E-state index in [9.17, 15) is 0 Å². The van der Waals surface area contributed by atoms with Crippen molar-refractivity contribution in [2.75, 3.05) is 19.6 Å². The van der Waals surface area contributed by atoms with Crippen molar-refractivity contribution in [3.05, 3.63) is 35.4 Å². The molecule has 116 valence electrons. The van der Waals surface area contributed by atoms with Gasteiger partial charge in [-0.15, -0.1) is 0 Å². The molecule has 2 heteroatoms. The van der Waals surface area contributed by atoms with Gasteiger partial charge in [0.1, 0.15) is 0 Å². The Balaban J connectivity index is 1.72. The molecule has 1 N–H and O–H groups in total. The molecule has 3 rings (SSSR count). The van der Waals surface area contributed by atoms with Crippen LogP contribution >= 0.6 is 0 Å². The molecule has 4 unspecified atom stereocenters. The number of likely N-dealkylation sites (tertiary alicyclic amines) is 1. The van der Waals surface area contributed by atoms with Gasteiger partial charge < -0.3 is 5.32 Å². The molecule has 4 atom stereocenters. The minimum absolute atomic E-state index is 0.453. The summed E-state index contributed by atoms with van der Waals surface area (Å²) in [6, 6.07) is 10.1. The van der Waals surface area contributed by atoms with Gasteiger partial charge in [0.15, 0.2) is 0 Å². The third-order valence-corrected chi connectivity index (χ3v) is 5.67. The maximum Gasteiger partial charge on any atom is 0.0475 e. The van der Waals surface area contributed by atoms with Gasteiger partial charge in [-0.3, -0.25) is 4.90 Å². The van der Waals surface area contributed by atoms with Crippen LogP contribution < -0.4 is 5.32 Å². The predicted molar refractivity (Wildman–Crippen MR) is 89.5 cm³/mol. The van der Waals surface area contributed by atoms with E-state index in [2.05, 4.69) is 55.3 Å². The molecule has 1 aliphatic heterocycles. The minimum atomic E-state index is 0.453. The van der Waals surface area contributed by atoms with E-state index in [0.29, 0.717) is 12.1 Å². The van der Waals surface area contributed by atoms with Crippen LogP contribution in [0, 0.1) is 18.8 Å². The number of fused-ring (bicyclic) bond motifs is 1. The lowest BCUT2D eigenvalue weighted by molar-refractivity contribution is 0.193. The topological polar surface area (TPSA) is 15.3 Å². The Morgan fingerprint density at radius 2 is 1.76 bits per heavy atom. The van der Waals surface area contributed by atoms with E-state index in [4.69, 9.17) is 0 Å². The number of benzene rings is 1. The molecule has 0 aromatic heterocycles. The summed E-state index contributed by atoms with van der Waals surface area (Å²) in [5, 5.41) is 3.72. The molecule has 1 saturated carbocycles. The average Bonchev–Trinajstić information content (AvgIpc) is 3.06. The summed E-state index contributed by atoms with van der Waals surface area (Å²) in [6.07, 6.45) is 4.39. The number of likely N-dealkylation sites (N-methyl/N-ethyl adjacent to an activating group) is 1. The highest BCUT2D eigenvalue weighted by Crippen LogP contribution is 2.39. The van der Waals surface area contributed by atoms with Gasteiger partial charge in [0.05, 0.1) is 0 Å². The van der Waals surface area contributed by atoms with Gasteiger partial charge in [0.2, 0.25) is 0 Å². The summed E-state index contributed by atoms with van der Waals surface area (Å²) in [6.45, 7) is 10.5. The summed E-state index contributed by atoms with van der Waals surface area (Å²) in [4.78, 5) is 2.74. The first kappa shape index (κ1) is 15.1. The largest absolute Gasteiger partial charge is 0.309 e. The highest BCUT2D eigenvalue weighted by atomic mass is 15.2. The van der Waals surface area contributed by atoms with Crippen molar-refractivity contribution in [1.29, 1.82) is 0 Å². The quantitative estimate of drug-likeness (QED) is 0.886. The van der Waals surface area contributed by atoms with Gasteiger partial charge in [-0.25, -0.2) is 0 Å². The summed E-state index contributed by atoms with van der Waals surface area (Å²) in [5.74, 6) is 1.96. The fraction of sp³-hybridized carbons (Fsp3) is 0.684. The average molecular weight is 286 g/mol. The summed E-state index contributed by atoms with van der Waals surface area (Å²) < 4.78 is 0. The molecule has 1 aromatic carbocycles. The molecule has 0 amide bonds. The Kier molecular flexibility index (Phi) is 4.66. The Bertz CT molecular complexity index is 441. The molecular weight excluding hydrogens is 256 g/mol. The van der Waals surface area contributed by atoms with Crippen LogP contribution in [-0.2, 0) is 0 Å². The first-order valence-electron chi connectivity index (χ1n) is 8.73. The van der Waals surface area contributed by atoms with E-state index in [1.165, 1.54) is 43.5 Å². The van der Waals surface area contributed by atoms with Crippen molar-refractivity contribution < 1.29 is 0 Å². The molecule has 2 aliphatic rings. The summed E-state index contributed by atoms with van der Waals surface area (Å²) >= 11 is 0. The molecule has 1 aromatic rings. The Morgan fingerprint density at radius 3 is 2.33 bits per heavy atom. The Labute approximate surface area is 129 Å². The second-order valence-electron chi connectivity index (χ2n) is 7.09. The van der Waals surface area contributed by atoms with Crippen LogP contribution in [0.2, 0.25) is 0 Å². The molecule has 1 heterocycles. The van der Waals surface area contributed by atoms with Crippen LogP contribution in [0.5, 0.6) is 0 Å². The van der Waals surface area contributed by atoms with Crippen molar-refractivity contribution in [1.82, 2.24) is 10.2 Å². The third-order valence-electron chi connectivity index (χ3n) is 5.67. The fourth-order valence-electron chi connectivity index (χ4n) is 4.38. The predicted octanol–water partition coefficient (Wildman–Crippen LogP) is 3.77. The van der Waals surface area contributed by atoms with E-state index < -0.39 is 0 Å². The highest BCUT2D eigenvalue weighted by molar-refractivity contribution is 5.25. The zero-order valence-corrected chi connectivity index (χ0v) is 13.8. The Morgan fingerprint density at radius 1 is 1.14 bits per heavy atom. The van der Waals surface area contributed by atoms with Crippen molar-refractivity contribution in [2.24, 2.45) is 11.8 Å². The van der Waals surface area contributed by atoms with Gasteiger partial charge in [0.25, 0.3) is 0 Å². The standard InChI is InChI=1S/C19H30N2/c1-4-20-19(16-10-8-14(2)9-11-16)15(3)21-12-17-6-5-7-18(17)13-21/h8-11,15,17-20H,4-7,12-13H2,1-3H3. The molecule has 21 heavy (non-hydrogen) atoms. The van der Waals surface area contributed by atoms with Gasteiger partial charge in [-0.05, 0) is 50.6 Å². The van der Waals surface area contributed by atoms with Crippen LogP contribution in [0.15, 0.2) is 24.3 Å². The molecule has 2 nitrogen and oxygen atoms in total. The number of hydrogen-bond acceptors (Lipinski definition) is 2. The number of nitrogens with zero attached hydrogens (tertiary/aromatic N) is 1. The number of aryl methyl sites for hydroxylation is 1. The normalized spacial score (nSPS) is 28.5. The van der Waals surface area contributed by atoms with Gasteiger partial charge in [-0.1, -0.05) is 43.2 Å². The van der Waals surface area contributed by atoms with E-state index in [1.54, 1.807) is 0 Å². The Hall–Kier alpha value is -0.860. The number of rotatable bonds is 5. The minimum Gasteiger partial charge on any atom is -0.309 e. The molecule has 1 aliphatic carbocycles. The molecular formula is C19H30N2. The number of nitrogens with one attached hydrogen (secondary N) is 1. The van der Waals surface area contributed by atoms with Crippen LogP contribution in [0.4, 0.5) is 0 Å². The lowest BCUT2D eigenvalue weighted by Crippen LogP contribution is -2.42. The lowest BCUT2D eigenvalue weighted by Gasteiger charge is -2.33. The molecule has 1 saturated heterocycles. The SMILES string of the molecule is CCNC(c1ccc(C)cc1)C(C)N1CC2CCCC2C1. The van der Waals surface area contributed by atoms with Crippen LogP contribution in [0.1, 0.15) is 50.3 Å². The van der Waals surface area contributed by atoms with E-state index >= 15 is 0 Å². The third kappa shape index (κ3) is 3.17. The molecule has 2 fully saturated rings. The second-order valence-corrected chi connectivity index (χ2v) is 7.09. The van der Waals surface area contributed by atoms with Gasteiger partial charge in [0, 0.05) is 25.2 Å². The highest BCUT2D eigenvalue weighted by Gasteiger charge is 2.39. The van der Waals surface area contributed by atoms with E-state index in [0.717, 1.165) is 18.4 Å². The van der Waals surface area contributed by atoms with Gasteiger partial charge >= 0.3 is 0 Å². The van der Waals surface area contributed by atoms with E-state index in [-0.39, 0.29) is 0 Å². The molecule has 0 bridgehead atoms. The maximum atomic E-state index is 3.72. The molecule has 0 spiro atoms. The van der Waals surface area contributed by atoms with Crippen molar-refractivity contribution in [2.45, 2.75) is 52.1 Å². The van der Waals surface area contributed by atoms with Crippen LogP contribution in [0.25, 0.3) is 0 Å². The number of hydrogen-bond donors (Lipinski definition) is 1.